The minimum Gasteiger partial charge on any atom is -0.169 e. The Kier molecular flexibility index (Phi) is 3.04. The van der Waals surface area contributed by atoms with Gasteiger partial charge in [-0.15, -0.1) is 0 Å². The second kappa shape index (κ2) is 3.11. The quantitative estimate of drug-likeness (QED) is 0.577. The first-order valence-electron chi connectivity index (χ1n) is 2.65. The van der Waals surface area contributed by atoms with Gasteiger partial charge < -0.3 is 0 Å². The van der Waals surface area contributed by atoms with Crippen molar-refractivity contribution in [1.82, 2.24) is 0 Å². The van der Waals surface area contributed by atoms with E-state index in [4.69, 9.17) is 0 Å². The van der Waals surface area contributed by atoms with Gasteiger partial charge in [0, 0.05) is 0 Å². The summed E-state index contributed by atoms with van der Waals surface area (Å²) in [6.07, 6.45) is -19.8. The second-order valence-corrected chi connectivity index (χ2v) is 2.79. The Labute approximate surface area is 76.5 Å². The third-order valence-electron chi connectivity index (χ3n) is 1.20. The van der Waals surface area contributed by atoms with Crippen molar-refractivity contribution in [3.05, 3.63) is 0 Å². The normalized spacial score (nSPS) is 15.9. The maximum Gasteiger partial charge on any atom is 0.422 e. The molecule has 0 saturated carbocycles. The van der Waals surface area contributed by atoms with Crippen molar-refractivity contribution in [2.75, 3.05) is 0 Å². The Hall–Kier alpha value is -0.280. The molecule has 0 N–H and O–H groups in total. The van der Waals surface area contributed by atoms with Crippen molar-refractivity contribution in [2.24, 2.45) is 0 Å². The van der Waals surface area contributed by atoms with Gasteiger partial charge in [-0.1, -0.05) is 12.6 Å². The molecular formula is C4F9S. The van der Waals surface area contributed by atoms with E-state index in [1.165, 1.54) is 0 Å². The molecule has 0 heterocycles. The Morgan fingerprint density at radius 3 is 0.643 bits per heavy atom. The van der Waals surface area contributed by atoms with Gasteiger partial charge >= 0.3 is 23.3 Å². The van der Waals surface area contributed by atoms with Crippen LogP contribution in [0.3, 0.4) is 0 Å². The van der Waals surface area contributed by atoms with Crippen LogP contribution in [0.1, 0.15) is 0 Å². The summed E-state index contributed by atoms with van der Waals surface area (Å²) in [4.78, 5) is 0. The molecule has 0 aliphatic carbocycles. The smallest absolute Gasteiger partial charge is 0.169 e. The average Bonchev–Trinajstić information content (AvgIpc) is 1.77. The zero-order chi connectivity index (χ0) is 12.0. The van der Waals surface area contributed by atoms with E-state index in [0.717, 1.165) is 0 Å². The lowest BCUT2D eigenvalue weighted by atomic mass is 10.1. The van der Waals surface area contributed by atoms with Crippen LogP contribution in [0.5, 0.6) is 0 Å². The molecule has 0 aromatic carbocycles. The van der Waals surface area contributed by atoms with Crippen LogP contribution in [0.15, 0.2) is 0 Å². The van der Waals surface area contributed by atoms with Crippen molar-refractivity contribution >= 4 is 12.6 Å². The predicted molar refractivity (Wildman–Crippen MR) is 28.5 cm³/mol. The third kappa shape index (κ3) is 1.89. The minimum atomic E-state index is -6.61. The SMILES string of the molecule is FC(F)(F)C([S])(C(F)(F)F)C(F)(F)F. The molecule has 0 spiro atoms. The Balaban J connectivity index is 5.54. The highest BCUT2D eigenvalue weighted by Gasteiger charge is 2.82. The largest absolute Gasteiger partial charge is 0.422 e. The van der Waals surface area contributed by atoms with Crippen molar-refractivity contribution < 1.29 is 39.5 Å². The van der Waals surface area contributed by atoms with Gasteiger partial charge in [-0.2, -0.15) is 39.5 Å². The van der Waals surface area contributed by atoms with Crippen molar-refractivity contribution in [3.8, 4) is 0 Å². The van der Waals surface area contributed by atoms with Gasteiger partial charge in [0.1, 0.15) is 0 Å². The lowest BCUT2D eigenvalue weighted by Crippen LogP contribution is -2.62. The number of hydrogen-bond donors (Lipinski definition) is 0. The van der Waals surface area contributed by atoms with Gasteiger partial charge in [-0.25, -0.2) is 0 Å². The molecule has 0 rings (SSSR count). The summed E-state index contributed by atoms with van der Waals surface area (Å²) < 4.78 is 97.9. The van der Waals surface area contributed by atoms with Crippen LogP contribution in [-0.2, 0) is 0 Å². The van der Waals surface area contributed by atoms with Crippen molar-refractivity contribution in [1.29, 1.82) is 0 Å². The molecule has 0 aromatic rings. The molecule has 1 radical (unpaired) electrons. The minimum absolute atomic E-state index is 2.64. The molecule has 0 fully saturated rings. The van der Waals surface area contributed by atoms with Gasteiger partial charge in [0.2, 0.25) is 0 Å². The van der Waals surface area contributed by atoms with E-state index in [1.807, 2.05) is 0 Å². The van der Waals surface area contributed by atoms with Gasteiger partial charge in [0.15, 0.2) is 0 Å². The van der Waals surface area contributed by atoms with Gasteiger partial charge in [-0.05, 0) is 0 Å². The summed E-state index contributed by atoms with van der Waals surface area (Å²) in [5, 5.41) is 0. The summed E-state index contributed by atoms with van der Waals surface area (Å²) in [7, 11) is 0. The zero-order valence-corrected chi connectivity index (χ0v) is 6.63. The van der Waals surface area contributed by atoms with Crippen LogP contribution in [0.4, 0.5) is 39.5 Å². The van der Waals surface area contributed by atoms with E-state index in [0.29, 0.717) is 0 Å². The molecule has 0 aromatic heterocycles. The molecule has 14 heavy (non-hydrogen) atoms. The molecule has 85 valence electrons. The zero-order valence-electron chi connectivity index (χ0n) is 5.81. The van der Waals surface area contributed by atoms with E-state index in [1.54, 1.807) is 0 Å². The number of alkyl halides is 9. The number of halogens is 9. The summed E-state index contributed by atoms with van der Waals surface area (Å²) in [6.45, 7) is 0. The van der Waals surface area contributed by atoms with E-state index in [2.05, 4.69) is 12.6 Å². The van der Waals surface area contributed by atoms with E-state index < -0.39 is 23.3 Å². The van der Waals surface area contributed by atoms with Gasteiger partial charge in [-0.3, -0.25) is 0 Å². The molecule has 0 amide bonds. The van der Waals surface area contributed by atoms with Crippen LogP contribution >= 0.6 is 12.6 Å². The monoisotopic (exact) mass is 251 g/mol. The molecule has 0 nitrogen and oxygen atoms in total. The summed E-state index contributed by atoms with van der Waals surface area (Å²) in [5.41, 5.74) is 0. The summed E-state index contributed by atoms with van der Waals surface area (Å²) in [6, 6.07) is 0. The van der Waals surface area contributed by atoms with Crippen LogP contribution in [0, 0.1) is 0 Å². The first-order valence-corrected chi connectivity index (χ1v) is 3.06. The lowest BCUT2D eigenvalue weighted by molar-refractivity contribution is -0.344. The van der Waals surface area contributed by atoms with E-state index >= 15 is 0 Å². The van der Waals surface area contributed by atoms with Gasteiger partial charge in [0.05, 0.1) is 0 Å². The third-order valence-corrected chi connectivity index (χ3v) is 1.89. The van der Waals surface area contributed by atoms with Crippen molar-refractivity contribution in [2.45, 2.75) is 23.3 Å². The standard InChI is InChI=1S/C4F9S/c5-2(6,7)1(14,3(8,9)10)4(11,12)13. The second-order valence-electron chi connectivity index (χ2n) is 2.17. The van der Waals surface area contributed by atoms with Crippen molar-refractivity contribution in [3.63, 3.8) is 0 Å². The lowest BCUT2D eigenvalue weighted by Gasteiger charge is -2.33. The fraction of sp³-hybridized carbons (Fsp3) is 1.00. The molecule has 0 aliphatic heterocycles. The predicted octanol–water partition coefficient (Wildman–Crippen LogP) is 3.61. The Morgan fingerprint density at radius 2 is 0.643 bits per heavy atom. The topological polar surface area (TPSA) is 0 Å². The van der Waals surface area contributed by atoms with Crippen LogP contribution in [-0.4, -0.2) is 23.3 Å². The maximum absolute atomic E-state index is 11.6. The first-order chi connectivity index (χ1) is 5.75. The highest BCUT2D eigenvalue weighted by atomic mass is 32.1. The van der Waals surface area contributed by atoms with Gasteiger partial charge in [0.25, 0.3) is 0 Å². The molecule has 0 bridgehead atoms. The van der Waals surface area contributed by atoms with Crippen LogP contribution < -0.4 is 0 Å². The van der Waals surface area contributed by atoms with E-state index in [9.17, 15) is 39.5 Å². The molecule has 0 atom stereocenters. The molecule has 0 unspecified atom stereocenters. The highest BCUT2D eigenvalue weighted by Crippen LogP contribution is 2.56. The molecule has 0 aliphatic rings. The molecule has 10 heteroatoms. The number of rotatable bonds is 0. The fourth-order valence-electron chi connectivity index (χ4n) is 0.482. The molecular weight excluding hydrogens is 251 g/mol. The first kappa shape index (κ1) is 13.7. The number of hydrogen-bond acceptors (Lipinski definition) is 0. The van der Waals surface area contributed by atoms with Crippen LogP contribution in [0.25, 0.3) is 0 Å². The fourth-order valence-corrected chi connectivity index (χ4v) is 0.482. The molecule has 0 saturated heterocycles. The maximum atomic E-state index is 11.6. The Morgan fingerprint density at radius 1 is 0.500 bits per heavy atom. The highest BCUT2D eigenvalue weighted by molar-refractivity contribution is 7.82. The summed E-state index contributed by atoms with van der Waals surface area (Å²) >= 11 is 2.64. The Bertz CT molecular complexity index is 170. The van der Waals surface area contributed by atoms with Crippen LogP contribution in [0.2, 0.25) is 0 Å². The average molecular weight is 251 g/mol. The summed E-state index contributed by atoms with van der Waals surface area (Å²) in [5.74, 6) is 0. The van der Waals surface area contributed by atoms with E-state index in [-0.39, 0.29) is 0 Å².